The van der Waals surface area contributed by atoms with Gasteiger partial charge < -0.3 is 9.47 Å². The molecule has 1 amide bonds. The molecule has 0 bridgehead atoms. The van der Waals surface area contributed by atoms with Crippen molar-refractivity contribution >= 4 is 11.7 Å². The molecule has 1 aliphatic heterocycles. The number of carbonyl (C=O) groups is 1. The number of amides is 1. The third-order valence-electron chi connectivity index (χ3n) is 5.92. The smallest absolute Gasteiger partial charge is 0.252 e. The van der Waals surface area contributed by atoms with E-state index in [2.05, 4.69) is 36.8 Å². The molecule has 0 aromatic carbocycles. The summed E-state index contributed by atoms with van der Waals surface area (Å²) in [5.41, 5.74) is 2.97. The molecule has 9 heteroatoms. The van der Waals surface area contributed by atoms with Gasteiger partial charge in [0.2, 0.25) is 5.91 Å². The number of fused-ring (bicyclic) bond motifs is 2. The van der Waals surface area contributed by atoms with Gasteiger partial charge in [-0.05, 0) is 45.6 Å². The molecule has 1 fully saturated rings. The van der Waals surface area contributed by atoms with Gasteiger partial charge in [0.25, 0.3) is 5.78 Å². The molecule has 1 aliphatic carbocycles. The van der Waals surface area contributed by atoms with Crippen LogP contribution in [-0.4, -0.2) is 51.7 Å². The van der Waals surface area contributed by atoms with E-state index in [1.54, 1.807) is 4.52 Å². The van der Waals surface area contributed by atoms with Crippen molar-refractivity contribution in [1.82, 2.24) is 39.2 Å². The van der Waals surface area contributed by atoms with Gasteiger partial charge in [-0.3, -0.25) is 4.79 Å². The van der Waals surface area contributed by atoms with Crippen molar-refractivity contribution < 1.29 is 4.79 Å². The van der Waals surface area contributed by atoms with Crippen LogP contribution < -0.4 is 0 Å². The lowest BCUT2D eigenvalue weighted by molar-refractivity contribution is -0.133. The van der Waals surface area contributed by atoms with Crippen LogP contribution in [-0.2, 0) is 17.8 Å². The van der Waals surface area contributed by atoms with E-state index < -0.39 is 0 Å². The van der Waals surface area contributed by atoms with Crippen LogP contribution in [0.3, 0.4) is 0 Å². The molecule has 3 aromatic rings. The highest BCUT2D eigenvalue weighted by molar-refractivity contribution is 5.76. The predicted octanol–water partition coefficient (Wildman–Crippen LogP) is 1.75. The maximum absolute atomic E-state index is 12.9. The Hall–Kier alpha value is -2.84. The Balaban J connectivity index is 1.31. The molecule has 3 aromatic heterocycles. The Morgan fingerprint density at radius 3 is 2.86 bits per heavy atom. The van der Waals surface area contributed by atoms with E-state index in [9.17, 15) is 4.79 Å². The highest BCUT2D eigenvalue weighted by Gasteiger charge is 2.35. The second-order valence-corrected chi connectivity index (χ2v) is 7.98. The minimum atomic E-state index is 0.145. The van der Waals surface area contributed by atoms with Gasteiger partial charge in [-0.2, -0.15) is 10.1 Å². The average molecular weight is 380 g/mol. The fraction of sp³-hybridized carbons (Fsp3) is 0.579. The van der Waals surface area contributed by atoms with Crippen LogP contribution in [0.25, 0.3) is 5.78 Å². The molecular weight excluding hydrogens is 356 g/mol. The SMILES string of the molecule is Cc1nc2ncnn2c(C)c1CCC(=O)N1Cc2nnc(C3CC3)n2[C@@H](C)C1. The molecule has 1 saturated carbocycles. The molecular formula is C19H24N8O. The first-order valence-corrected chi connectivity index (χ1v) is 9.90. The highest BCUT2D eigenvalue weighted by atomic mass is 16.2. The number of rotatable bonds is 4. The molecule has 0 spiro atoms. The van der Waals surface area contributed by atoms with E-state index >= 15 is 0 Å². The Labute approximate surface area is 162 Å². The van der Waals surface area contributed by atoms with Gasteiger partial charge in [0.1, 0.15) is 12.2 Å². The molecule has 0 saturated heterocycles. The van der Waals surface area contributed by atoms with Crippen molar-refractivity contribution in [3.8, 4) is 0 Å². The molecule has 146 valence electrons. The summed E-state index contributed by atoms with van der Waals surface area (Å²) in [6.07, 6.45) is 5.00. The number of carbonyl (C=O) groups excluding carboxylic acids is 1. The normalized spacial score (nSPS) is 19.2. The maximum atomic E-state index is 12.9. The zero-order valence-corrected chi connectivity index (χ0v) is 16.5. The molecule has 0 radical (unpaired) electrons. The zero-order chi connectivity index (χ0) is 19.4. The summed E-state index contributed by atoms with van der Waals surface area (Å²) < 4.78 is 3.98. The van der Waals surface area contributed by atoms with Gasteiger partial charge in [-0.25, -0.2) is 9.50 Å². The van der Waals surface area contributed by atoms with Crippen molar-refractivity contribution in [2.45, 2.75) is 65.0 Å². The van der Waals surface area contributed by atoms with E-state index in [-0.39, 0.29) is 11.9 Å². The first kappa shape index (κ1) is 17.3. The topological polar surface area (TPSA) is 94.1 Å². The largest absolute Gasteiger partial charge is 0.333 e. The summed E-state index contributed by atoms with van der Waals surface area (Å²) in [5, 5.41) is 13.0. The first-order chi connectivity index (χ1) is 13.5. The molecule has 9 nitrogen and oxygen atoms in total. The number of aryl methyl sites for hydroxylation is 2. The van der Waals surface area contributed by atoms with Gasteiger partial charge >= 0.3 is 0 Å². The third kappa shape index (κ3) is 2.76. The quantitative estimate of drug-likeness (QED) is 0.684. The van der Waals surface area contributed by atoms with E-state index in [1.807, 2.05) is 18.7 Å². The van der Waals surface area contributed by atoms with E-state index in [0.717, 1.165) is 28.6 Å². The van der Waals surface area contributed by atoms with Gasteiger partial charge in [0.05, 0.1) is 12.6 Å². The first-order valence-electron chi connectivity index (χ1n) is 9.90. The van der Waals surface area contributed by atoms with E-state index in [0.29, 0.717) is 37.6 Å². The lowest BCUT2D eigenvalue weighted by atomic mass is 10.1. The Morgan fingerprint density at radius 2 is 2.07 bits per heavy atom. The van der Waals surface area contributed by atoms with E-state index in [4.69, 9.17) is 0 Å². The summed E-state index contributed by atoms with van der Waals surface area (Å²) in [6, 6.07) is 0.218. The zero-order valence-electron chi connectivity index (χ0n) is 16.5. The standard InChI is InChI=1S/C19H24N8O/c1-11-8-25(9-16-23-24-18(26(11)16)14-4-5-14)17(28)7-6-15-12(2)22-19-20-10-21-27(19)13(15)3/h10-11,14H,4-9H2,1-3H3/t11-/m0/s1. The second-order valence-electron chi connectivity index (χ2n) is 7.98. The molecule has 1 atom stereocenters. The molecule has 4 heterocycles. The molecule has 2 aliphatic rings. The lowest BCUT2D eigenvalue weighted by Gasteiger charge is -2.32. The fourth-order valence-electron chi connectivity index (χ4n) is 4.28. The van der Waals surface area contributed by atoms with Crippen LogP contribution in [0.2, 0.25) is 0 Å². The van der Waals surface area contributed by atoms with Crippen LogP contribution in [0.15, 0.2) is 6.33 Å². The Bertz CT molecular complexity index is 1060. The van der Waals surface area contributed by atoms with Crippen LogP contribution in [0.1, 0.15) is 66.7 Å². The van der Waals surface area contributed by atoms with Crippen LogP contribution >= 0.6 is 0 Å². The summed E-state index contributed by atoms with van der Waals surface area (Å²) in [6.45, 7) is 7.37. The average Bonchev–Trinajstić information content (AvgIpc) is 3.24. The molecule has 0 N–H and O–H groups in total. The van der Waals surface area contributed by atoms with Crippen molar-refractivity contribution in [3.05, 3.63) is 34.9 Å². The highest BCUT2D eigenvalue weighted by Crippen LogP contribution is 2.41. The maximum Gasteiger partial charge on any atom is 0.252 e. The summed E-state index contributed by atoms with van der Waals surface area (Å²) >= 11 is 0. The molecule has 0 unspecified atom stereocenters. The van der Waals surface area contributed by atoms with Crippen molar-refractivity contribution in [1.29, 1.82) is 0 Å². The van der Waals surface area contributed by atoms with Crippen LogP contribution in [0.4, 0.5) is 0 Å². The minimum Gasteiger partial charge on any atom is -0.333 e. The van der Waals surface area contributed by atoms with Crippen molar-refractivity contribution in [2.75, 3.05) is 6.54 Å². The van der Waals surface area contributed by atoms with E-state index in [1.165, 1.54) is 19.2 Å². The minimum absolute atomic E-state index is 0.145. The monoisotopic (exact) mass is 380 g/mol. The summed E-state index contributed by atoms with van der Waals surface area (Å²) in [4.78, 5) is 23.5. The summed E-state index contributed by atoms with van der Waals surface area (Å²) in [5.74, 6) is 3.32. The fourth-order valence-corrected chi connectivity index (χ4v) is 4.28. The van der Waals surface area contributed by atoms with Gasteiger partial charge in [-0.1, -0.05) is 0 Å². The van der Waals surface area contributed by atoms with Crippen molar-refractivity contribution in [3.63, 3.8) is 0 Å². The van der Waals surface area contributed by atoms with Crippen molar-refractivity contribution in [2.24, 2.45) is 0 Å². The number of hydrogen-bond acceptors (Lipinski definition) is 6. The number of aromatic nitrogens is 7. The van der Waals surface area contributed by atoms with Crippen LogP contribution in [0, 0.1) is 13.8 Å². The second kappa shape index (κ2) is 6.35. The lowest BCUT2D eigenvalue weighted by Crippen LogP contribution is -2.40. The Kier molecular flexibility index (Phi) is 3.92. The molecule has 5 rings (SSSR count). The number of hydrogen-bond donors (Lipinski definition) is 0. The molecule has 28 heavy (non-hydrogen) atoms. The predicted molar refractivity (Wildman–Crippen MR) is 101 cm³/mol. The number of nitrogens with zero attached hydrogens (tertiary/aromatic N) is 8. The van der Waals surface area contributed by atoms with Crippen LogP contribution in [0.5, 0.6) is 0 Å². The third-order valence-corrected chi connectivity index (χ3v) is 5.92. The Morgan fingerprint density at radius 1 is 1.25 bits per heavy atom. The van der Waals surface area contributed by atoms with Gasteiger partial charge in [0.15, 0.2) is 5.82 Å². The summed E-state index contributed by atoms with van der Waals surface area (Å²) in [7, 11) is 0. The van der Waals surface area contributed by atoms with Gasteiger partial charge in [0, 0.05) is 30.3 Å². The van der Waals surface area contributed by atoms with Gasteiger partial charge in [-0.15, -0.1) is 10.2 Å².